The van der Waals surface area contributed by atoms with Gasteiger partial charge in [-0.15, -0.1) is 0 Å². The summed E-state index contributed by atoms with van der Waals surface area (Å²) in [6, 6.07) is 11.3. The van der Waals surface area contributed by atoms with Crippen LogP contribution in [0.15, 0.2) is 42.6 Å². The van der Waals surface area contributed by atoms with Crippen molar-refractivity contribution in [1.29, 1.82) is 0 Å². The van der Waals surface area contributed by atoms with Crippen LogP contribution in [0.1, 0.15) is 43.4 Å². The highest BCUT2D eigenvalue weighted by molar-refractivity contribution is 5.91. The van der Waals surface area contributed by atoms with Gasteiger partial charge in [0.05, 0.1) is 24.3 Å². The van der Waals surface area contributed by atoms with E-state index in [2.05, 4.69) is 20.5 Å². The van der Waals surface area contributed by atoms with Gasteiger partial charge in [0.2, 0.25) is 11.8 Å². The van der Waals surface area contributed by atoms with Crippen molar-refractivity contribution in [1.82, 2.24) is 10.3 Å². The van der Waals surface area contributed by atoms with E-state index in [9.17, 15) is 9.59 Å². The molecule has 1 aliphatic rings. The van der Waals surface area contributed by atoms with Crippen LogP contribution in [-0.4, -0.2) is 29.9 Å². The molecule has 6 nitrogen and oxygen atoms in total. The quantitative estimate of drug-likeness (QED) is 0.823. The van der Waals surface area contributed by atoms with Gasteiger partial charge < -0.3 is 15.5 Å². The van der Waals surface area contributed by atoms with Crippen LogP contribution in [0.2, 0.25) is 0 Å². The molecule has 6 heteroatoms. The summed E-state index contributed by atoms with van der Waals surface area (Å²) in [5, 5.41) is 5.73. The summed E-state index contributed by atoms with van der Waals surface area (Å²) < 4.78 is 0. The number of pyridine rings is 1. The number of benzene rings is 1. The minimum absolute atomic E-state index is 0.162. The van der Waals surface area contributed by atoms with E-state index < -0.39 is 0 Å². The van der Waals surface area contributed by atoms with Crippen LogP contribution in [0.25, 0.3) is 0 Å². The van der Waals surface area contributed by atoms with Crippen LogP contribution in [-0.2, 0) is 9.59 Å². The fourth-order valence-electron chi connectivity index (χ4n) is 3.29. The summed E-state index contributed by atoms with van der Waals surface area (Å²) in [7, 11) is 0. The monoisotopic (exact) mass is 366 g/mol. The number of nitrogens with one attached hydrogen (secondary N) is 2. The maximum atomic E-state index is 12.5. The smallest absolute Gasteiger partial charge is 0.226 e. The number of nitrogens with zero attached hydrogens (tertiary/aromatic N) is 2. The molecule has 3 rings (SSSR count). The maximum absolute atomic E-state index is 12.5. The molecule has 27 heavy (non-hydrogen) atoms. The zero-order chi connectivity index (χ0) is 19.2. The predicted molar refractivity (Wildman–Crippen MR) is 107 cm³/mol. The molecule has 1 unspecified atom stereocenters. The Balaban J connectivity index is 1.63. The third-order valence-corrected chi connectivity index (χ3v) is 4.71. The van der Waals surface area contributed by atoms with Crippen molar-refractivity contribution in [3.63, 3.8) is 0 Å². The second-order valence-electron chi connectivity index (χ2n) is 7.02. The lowest BCUT2D eigenvalue weighted by atomic mass is 10.0. The van der Waals surface area contributed by atoms with Gasteiger partial charge in [0, 0.05) is 20.0 Å². The molecule has 2 amide bonds. The first-order chi connectivity index (χ1) is 13.0. The van der Waals surface area contributed by atoms with Gasteiger partial charge in [-0.05, 0) is 37.5 Å². The molecule has 2 aromatic rings. The Hall–Kier alpha value is -2.89. The molecule has 0 radical (unpaired) electrons. The van der Waals surface area contributed by atoms with E-state index in [0.717, 1.165) is 30.0 Å². The van der Waals surface area contributed by atoms with Crippen molar-refractivity contribution >= 4 is 23.3 Å². The molecule has 1 aromatic heterocycles. The Morgan fingerprint density at radius 3 is 2.41 bits per heavy atom. The summed E-state index contributed by atoms with van der Waals surface area (Å²) in [6.45, 7) is 5.53. The molecule has 1 aliphatic heterocycles. The first-order valence-electron chi connectivity index (χ1n) is 9.36. The second-order valence-corrected chi connectivity index (χ2v) is 7.02. The fourth-order valence-corrected chi connectivity index (χ4v) is 3.29. The molecular weight excluding hydrogens is 340 g/mol. The zero-order valence-corrected chi connectivity index (χ0v) is 15.9. The second kappa shape index (κ2) is 8.66. The highest BCUT2D eigenvalue weighted by Gasteiger charge is 2.18. The predicted octanol–water partition coefficient (Wildman–Crippen LogP) is 3.20. The normalized spacial score (nSPS) is 14.7. The minimum Gasteiger partial charge on any atom is -0.357 e. The van der Waals surface area contributed by atoms with Gasteiger partial charge in [-0.3, -0.25) is 9.59 Å². The van der Waals surface area contributed by atoms with Crippen LogP contribution >= 0.6 is 0 Å². The van der Waals surface area contributed by atoms with Gasteiger partial charge in [-0.1, -0.05) is 29.8 Å². The molecule has 1 fully saturated rings. The molecule has 1 atom stereocenters. The van der Waals surface area contributed by atoms with E-state index in [1.165, 1.54) is 19.8 Å². The number of anilines is 2. The van der Waals surface area contributed by atoms with E-state index in [1.54, 1.807) is 6.20 Å². The van der Waals surface area contributed by atoms with Crippen molar-refractivity contribution in [2.24, 2.45) is 0 Å². The molecule has 0 saturated carbocycles. The Kier molecular flexibility index (Phi) is 6.06. The van der Waals surface area contributed by atoms with E-state index in [1.807, 2.05) is 43.3 Å². The third-order valence-electron chi connectivity index (χ3n) is 4.71. The van der Waals surface area contributed by atoms with Crippen LogP contribution in [0.4, 0.5) is 11.5 Å². The van der Waals surface area contributed by atoms with E-state index >= 15 is 0 Å². The summed E-state index contributed by atoms with van der Waals surface area (Å²) in [5.41, 5.74) is 2.70. The van der Waals surface area contributed by atoms with Gasteiger partial charge >= 0.3 is 0 Å². The number of amides is 2. The zero-order valence-electron chi connectivity index (χ0n) is 15.9. The topological polar surface area (TPSA) is 74.3 Å². The van der Waals surface area contributed by atoms with Crippen molar-refractivity contribution in [2.75, 3.05) is 23.3 Å². The number of hydrogen-bond acceptors (Lipinski definition) is 4. The average Bonchev–Trinajstić information content (AvgIpc) is 3.17. The number of aromatic nitrogens is 1. The SMILES string of the molecule is CC(=O)NC(CC(=O)Nc1ccc(N2CCCC2)nc1)c1ccc(C)cc1. The Morgan fingerprint density at radius 2 is 1.81 bits per heavy atom. The minimum atomic E-state index is -0.361. The molecule has 0 aliphatic carbocycles. The molecule has 142 valence electrons. The Morgan fingerprint density at radius 1 is 1.11 bits per heavy atom. The van der Waals surface area contributed by atoms with Crippen LogP contribution in [0.3, 0.4) is 0 Å². The lowest BCUT2D eigenvalue weighted by Crippen LogP contribution is -2.29. The van der Waals surface area contributed by atoms with Crippen LogP contribution in [0, 0.1) is 6.92 Å². The Labute approximate surface area is 160 Å². The van der Waals surface area contributed by atoms with Gasteiger partial charge in [0.1, 0.15) is 5.82 Å². The fraction of sp³-hybridized carbons (Fsp3) is 0.381. The lowest BCUT2D eigenvalue weighted by Gasteiger charge is -2.19. The number of carbonyl (C=O) groups is 2. The molecular formula is C21H26N4O2. The maximum Gasteiger partial charge on any atom is 0.226 e. The van der Waals surface area contributed by atoms with E-state index in [-0.39, 0.29) is 24.3 Å². The standard InChI is InChI=1S/C21H26N4O2/c1-15-5-7-17(8-6-15)19(23-16(2)26)13-21(27)24-18-9-10-20(22-14-18)25-11-3-4-12-25/h5-10,14,19H,3-4,11-13H2,1-2H3,(H,23,26)(H,24,27). The number of aryl methyl sites for hydroxylation is 1. The van der Waals surface area contributed by atoms with Crippen LogP contribution in [0.5, 0.6) is 0 Å². The summed E-state index contributed by atoms with van der Waals surface area (Å²) in [5.74, 6) is 0.622. The molecule has 1 aromatic carbocycles. The number of carbonyl (C=O) groups excluding carboxylic acids is 2. The largest absolute Gasteiger partial charge is 0.357 e. The third kappa shape index (κ3) is 5.29. The van der Waals surface area contributed by atoms with Gasteiger partial charge in [0.15, 0.2) is 0 Å². The molecule has 2 N–H and O–H groups in total. The molecule has 2 heterocycles. The summed E-state index contributed by atoms with van der Waals surface area (Å²) in [4.78, 5) is 30.7. The molecule has 1 saturated heterocycles. The number of hydrogen-bond donors (Lipinski definition) is 2. The van der Waals surface area contributed by atoms with Gasteiger partial charge in [-0.2, -0.15) is 0 Å². The van der Waals surface area contributed by atoms with Crippen molar-refractivity contribution in [3.05, 3.63) is 53.7 Å². The highest BCUT2D eigenvalue weighted by atomic mass is 16.2. The highest BCUT2D eigenvalue weighted by Crippen LogP contribution is 2.21. The van der Waals surface area contributed by atoms with Crippen molar-refractivity contribution < 1.29 is 9.59 Å². The average molecular weight is 366 g/mol. The van der Waals surface area contributed by atoms with Gasteiger partial charge in [0.25, 0.3) is 0 Å². The van der Waals surface area contributed by atoms with Crippen LogP contribution < -0.4 is 15.5 Å². The molecule has 0 spiro atoms. The molecule has 0 bridgehead atoms. The van der Waals surface area contributed by atoms with E-state index in [0.29, 0.717) is 5.69 Å². The number of rotatable bonds is 6. The van der Waals surface area contributed by atoms with Gasteiger partial charge in [-0.25, -0.2) is 4.98 Å². The van der Waals surface area contributed by atoms with Crippen molar-refractivity contribution in [3.8, 4) is 0 Å². The van der Waals surface area contributed by atoms with Crippen molar-refractivity contribution in [2.45, 2.75) is 39.2 Å². The van der Waals surface area contributed by atoms with E-state index in [4.69, 9.17) is 0 Å². The summed E-state index contributed by atoms with van der Waals surface area (Å²) in [6.07, 6.45) is 4.24. The Bertz CT molecular complexity index is 781. The first-order valence-corrected chi connectivity index (χ1v) is 9.36. The summed E-state index contributed by atoms with van der Waals surface area (Å²) >= 11 is 0. The first kappa shape index (κ1) is 18.9. The lowest BCUT2D eigenvalue weighted by molar-refractivity contribution is -0.120.